The van der Waals surface area contributed by atoms with Crippen LogP contribution in [-0.4, -0.2) is 17.8 Å². The minimum Gasteiger partial charge on any atom is -0.392 e. The molecule has 3 N–H and O–H groups in total. The average molecular weight is 316 g/mol. The standard InChI is InChI=1S/C16H23Cl2NO/c1-15(2)14(16(15,3)4)13(20)9(8-19)12-10(17)6-5-7-11(12)18/h5-7,9,13-14,20H,8,19H2,1-4H3. The Morgan fingerprint density at radius 2 is 1.60 bits per heavy atom. The molecule has 0 bridgehead atoms. The highest BCUT2D eigenvalue weighted by atomic mass is 35.5. The summed E-state index contributed by atoms with van der Waals surface area (Å²) in [5, 5.41) is 12.0. The molecule has 1 aliphatic rings. The fourth-order valence-electron chi connectivity index (χ4n) is 3.63. The normalized spacial score (nSPS) is 23.4. The number of hydrogen-bond donors (Lipinski definition) is 2. The largest absolute Gasteiger partial charge is 0.392 e. The van der Waals surface area contributed by atoms with Crippen LogP contribution in [-0.2, 0) is 0 Å². The number of aliphatic hydroxyl groups is 1. The molecule has 0 spiro atoms. The third-order valence-electron chi connectivity index (χ3n) is 5.51. The summed E-state index contributed by atoms with van der Waals surface area (Å²) in [5.74, 6) is -0.0434. The summed E-state index contributed by atoms with van der Waals surface area (Å²) in [6.07, 6.45) is -0.539. The smallest absolute Gasteiger partial charge is 0.0660 e. The second-order valence-electron chi connectivity index (χ2n) is 6.89. The Morgan fingerprint density at radius 1 is 1.15 bits per heavy atom. The maximum atomic E-state index is 10.8. The zero-order valence-electron chi connectivity index (χ0n) is 12.5. The van der Waals surface area contributed by atoms with Crippen LogP contribution in [0.5, 0.6) is 0 Å². The lowest BCUT2D eigenvalue weighted by Crippen LogP contribution is -2.30. The average Bonchev–Trinajstić information content (AvgIpc) is 2.74. The van der Waals surface area contributed by atoms with Crippen molar-refractivity contribution in [3.8, 4) is 0 Å². The fourth-order valence-corrected chi connectivity index (χ4v) is 4.30. The van der Waals surface area contributed by atoms with Gasteiger partial charge in [-0.25, -0.2) is 0 Å². The molecule has 0 heterocycles. The number of rotatable bonds is 4. The predicted molar refractivity (Wildman–Crippen MR) is 85.3 cm³/mol. The monoisotopic (exact) mass is 315 g/mol. The van der Waals surface area contributed by atoms with Crippen molar-refractivity contribution in [3.05, 3.63) is 33.8 Å². The van der Waals surface area contributed by atoms with E-state index in [2.05, 4.69) is 27.7 Å². The molecule has 1 aromatic carbocycles. The van der Waals surface area contributed by atoms with Crippen LogP contribution >= 0.6 is 23.2 Å². The first-order chi connectivity index (χ1) is 9.16. The highest BCUT2D eigenvalue weighted by Gasteiger charge is 2.68. The van der Waals surface area contributed by atoms with Crippen molar-refractivity contribution < 1.29 is 5.11 Å². The van der Waals surface area contributed by atoms with Gasteiger partial charge in [-0.3, -0.25) is 0 Å². The Hall–Kier alpha value is -0.280. The Kier molecular flexibility index (Phi) is 4.16. The van der Waals surface area contributed by atoms with E-state index in [4.69, 9.17) is 28.9 Å². The molecule has 4 heteroatoms. The number of nitrogens with two attached hydrogens (primary N) is 1. The fraction of sp³-hybridized carbons (Fsp3) is 0.625. The van der Waals surface area contributed by atoms with Gasteiger partial charge in [0.25, 0.3) is 0 Å². The van der Waals surface area contributed by atoms with Gasteiger partial charge in [-0.1, -0.05) is 57.0 Å². The molecule has 0 radical (unpaired) electrons. The van der Waals surface area contributed by atoms with Crippen LogP contribution < -0.4 is 5.73 Å². The van der Waals surface area contributed by atoms with E-state index >= 15 is 0 Å². The van der Waals surface area contributed by atoms with E-state index < -0.39 is 6.10 Å². The minimum absolute atomic E-state index is 0.0908. The number of aliphatic hydroxyl groups excluding tert-OH is 1. The van der Waals surface area contributed by atoms with Gasteiger partial charge in [-0.2, -0.15) is 0 Å². The molecule has 1 saturated carbocycles. The molecular weight excluding hydrogens is 293 g/mol. The van der Waals surface area contributed by atoms with Gasteiger partial charge in [0.2, 0.25) is 0 Å². The summed E-state index contributed by atoms with van der Waals surface area (Å²) < 4.78 is 0. The van der Waals surface area contributed by atoms with Crippen LogP contribution in [0.3, 0.4) is 0 Å². The van der Waals surface area contributed by atoms with Gasteiger partial charge in [0, 0.05) is 22.5 Å². The minimum atomic E-state index is -0.539. The summed E-state index contributed by atoms with van der Waals surface area (Å²) in [6, 6.07) is 5.39. The van der Waals surface area contributed by atoms with E-state index in [9.17, 15) is 5.11 Å². The molecule has 20 heavy (non-hydrogen) atoms. The van der Waals surface area contributed by atoms with Crippen molar-refractivity contribution in [2.45, 2.75) is 39.7 Å². The molecule has 1 fully saturated rings. The second-order valence-corrected chi connectivity index (χ2v) is 7.70. The zero-order chi connectivity index (χ0) is 15.3. The van der Waals surface area contributed by atoms with Crippen LogP contribution in [0.2, 0.25) is 10.0 Å². The molecule has 112 valence electrons. The third-order valence-corrected chi connectivity index (χ3v) is 6.17. The van der Waals surface area contributed by atoms with Crippen molar-refractivity contribution in [2.75, 3.05) is 6.54 Å². The van der Waals surface area contributed by atoms with Crippen LogP contribution in [0.15, 0.2) is 18.2 Å². The SMILES string of the molecule is CC1(C)C(C(O)C(CN)c2c(Cl)cccc2Cl)C1(C)C. The Bertz CT molecular complexity index is 479. The molecule has 2 atom stereocenters. The molecule has 1 aliphatic carbocycles. The molecular formula is C16H23Cl2NO. The molecule has 0 saturated heterocycles. The lowest BCUT2D eigenvalue weighted by Gasteiger charge is -2.25. The van der Waals surface area contributed by atoms with E-state index in [1.807, 2.05) is 0 Å². The van der Waals surface area contributed by atoms with Gasteiger partial charge < -0.3 is 10.8 Å². The van der Waals surface area contributed by atoms with E-state index in [-0.39, 0.29) is 22.7 Å². The third kappa shape index (κ3) is 2.27. The van der Waals surface area contributed by atoms with Crippen LogP contribution in [0.4, 0.5) is 0 Å². The lowest BCUT2D eigenvalue weighted by atomic mass is 9.87. The first kappa shape index (κ1) is 16.1. The van der Waals surface area contributed by atoms with Gasteiger partial charge in [0.1, 0.15) is 0 Å². The van der Waals surface area contributed by atoms with Crippen molar-refractivity contribution in [3.63, 3.8) is 0 Å². The molecule has 0 aliphatic heterocycles. The van der Waals surface area contributed by atoms with Crippen LogP contribution in [0.1, 0.15) is 39.2 Å². The van der Waals surface area contributed by atoms with Gasteiger partial charge >= 0.3 is 0 Å². The van der Waals surface area contributed by atoms with E-state index in [1.54, 1.807) is 18.2 Å². The first-order valence-corrected chi connectivity index (χ1v) is 7.74. The van der Waals surface area contributed by atoms with E-state index in [0.717, 1.165) is 5.56 Å². The maximum Gasteiger partial charge on any atom is 0.0660 e. The summed E-state index contributed by atoms with van der Waals surface area (Å²) >= 11 is 12.5. The van der Waals surface area contributed by atoms with Crippen molar-refractivity contribution in [2.24, 2.45) is 22.5 Å². The van der Waals surface area contributed by atoms with E-state index in [0.29, 0.717) is 16.6 Å². The van der Waals surface area contributed by atoms with Gasteiger partial charge in [-0.15, -0.1) is 0 Å². The lowest BCUT2D eigenvalue weighted by molar-refractivity contribution is 0.102. The van der Waals surface area contributed by atoms with E-state index in [1.165, 1.54) is 0 Å². The Morgan fingerprint density at radius 3 is 1.95 bits per heavy atom. The quantitative estimate of drug-likeness (QED) is 0.879. The Labute approximate surface area is 131 Å². The zero-order valence-corrected chi connectivity index (χ0v) is 14.0. The molecule has 0 amide bonds. The van der Waals surface area contributed by atoms with Gasteiger partial charge in [0.05, 0.1) is 6.10 Å². The number of halogens is 2. The summed E-state index contributed by atoms with van der Waals surface area (Å²) in [4.78, 5) is 0. The molecule has 1 aromatic rings. The number of hydrogen-bond acceptors (Lipinski definition) is 2. The predicted octanol–water partition coefficient (Wildman–Crippen LogP) is 4.08. The van der Waals surface area contributed by atoms with Crippen molar-refractivity contribution >= 4 is 23.2 Å². The summed E-state index contributed by atoms with van der Waals surface area (Å²) in [7, 11) is 0. The molecule has 2 nitrogen and oxygen atoms in total. The summed E-state index contributed by atoms with van der Waals surface area (Å²) in [6.45, 7) is 9.06. The first-order valence-electron chi connectivity index (χ1n) is 6.98. The number of benzene rings is 1. The topological polar surface area (TPSA) is 46.2 Å². The second kappa shape index (κ2) is 5.17. The molecule has 2 unspecified atom stereocenters. The maximum absolute atomic E-state index is 10.8. The van der Waals surface area contributed by atoms with Gasteiger partial charge in [-0.05, 0) is 34.4 Å². The van der Waals surface area contributed by atoms with Gasteiger partial charge in [0.15, 0.2) is 0 Å². The van der Waals surface area contributed by atoms with Crippen LogP contribution in [0, 0.1) is 16.7 Å². The Balaban J connectivity index is 2.35. The molecule has 0 aromatic heterocycles. The van der Waals surface area contributed by atoms with Crippen LogP contribution in [0.25, 0.3) is 0 Å². The molecule has 2 rings (SSSR count). The van der Waals surface area contributed by atoms with Crippen molar-refractivity contribution in [1.82, 2.24) is 0 Å². The van der Waals surface area contributed by atoms with Crippen molar-refractivity contribution in [1.29, 1.82) is 0 Å². The highest BCUT2D eigenvalue weighted by Crippen LogP contribution is 2.70. The highest BCUT2D eigenvalue weighted by molar-refractivity contribution is 6.36. The summed E-state index contributed by atoms with van der Waals surface area (Å²) in [5.41, 5.74) is 6.86.